The molecule has 1 atom stereocenters. The second-order valence-corrected chi connectivity index (χ2v) is 4.97. The second kappa shape index (κ2) is 5.78. The molecule has 1 N–H and O–H groups in total. The fraction of sp³-hybridized carbons (Fsp3) is 0.167. The zero-order valence-corrected chi connectivity index (χ0v) is 11.5. The molecule has 0 fully saturated rings. The number of halogens is 1. The summed E-state index contributed by atoms with van der Waals surface area (Å²) in [5.74, 6) is -1.42. The molecule has 0 aliphatic rings. The molecule has 0 aliphatic carbocycles. The number of aryl methyl sites for hydroxylation is 1. The highest BCUT2D eigenvalue weighted by molar-refractivity contribution is 7.09. The van der Waals surface area contributed by atoms with Crippen LogP contribution in [0.4, 0.5) is 5.69 Å². The number of anilines is 1. The number of carbonyl (C=O) groups is 1. The van der Waals surface area contributed by atoms with Crippen LogP contribution in [0, 0.1) is 18.3 Å². The van der Waals surface area contributed by atoms with Crippen molar-refractivity contribution in [3.8, 4) is 6.07 Å². The lowest BCUT2D eigenvalue weighted by molar-refractivity contribution is -0.116. The SMILES string of the molecule is Cc1csc([C@@H](C#N)C(=O)Nc2cccnc2Cl)n1. The Hall–Kier alpha value is -1.97. The number of thiazole rings is 1. The molecule has 0 aliphatic heterocycles. The van der Waals surface area contributed by atoms with E-state index in [2.05, 4.69) is 15.3 Å². The monoisotopic (exact) mass is 292 g/mol. The van der Waals surface area contributed by atoms with Crippen LogP contribution < -0.4 is 5.32 Å². The van der Waals surface area contributed by atoms with Gasteiger partial charge in [-0.05, 0) is 19.1 Å². The van der Waals surface area contributed by atoms with Gasteiger partial charge in [0.15, 0.2) is 11.1 Å². The highest BCUT2D eigenvalue weighted by Gasteiger charge is 2.24. The van der Waals surface area contributed by atoms with Gasteiger partial charge in [0, 0.05) is 17.3 Å². The Balaban J connectivity index is 2.19. The number of nitrogens with one attached hydrogen (secondary N) is 1. The summed E-state index contributed by atoms with van der Waals surface area (Å²) in [5.41, 5.74) is 1.16. The van der Waals surface area contributed by atoms with E-state index in [0.29, 0.717) is 10.7 Å². The lowest BCUT2D eigenvalue weighted by Crippen LogP contribution is -2.20. The Morgan fingerprint density at radius 3 is 3.00 bits per heavy atom. The Kier molecular flexibility index (Phi) is 4.10. The third-order valence-electron chi connectivity index (χ3n) is 2.29. The zero-order chi connectivity index (χ0) is 13.8. The van der Waals surface area contributed by atoms with E-state index in [0.717, 1.165) is 5.69 Å². The molecule has 0 saturated heterocycles. The van der Waals surface area contributed by atoms with Crippen molar-refractivity contribution in [1.82, 2.24) is 9.97 Å². The van der Waals surface area contributed by atoms with Crippen LogP contribution >= 0.6 is 22.9 Å². The number of hydrogen-bond acceptors (Lipinski definition) is 5. The Labute approximate surface area is 118 Å². The van der Waals surface area contributed by atoms with Gasteiger partial charge in [-0.1, -0.05) is 11.6 Å². The van der Waals surface area contributed by atoms with E-state index < -0.39 is 11.8 Å². The maximum absolute atomic E-state index is 12.1. The summed E-state index contributed by atoms with van der Waals surface area (Å²) in [6, 6.07) is 5.21. The fourth-order valence-corrected chi connectivity index (χ4v) is 2.42. The lowest BCUT2D eigenvalue weighted by Gasteiger charge is -2.08. The van der Waals surface area contributed by atoms with Gasteiger partial charge in [0.25, 0.3) is 0 Å². The van der Waals surface area contributed by atoms with E-state index in [1.54, 1.807) is 17.5 Å². The van der Waals surface area contributed by atoms with Crippen molar-refractivity contribution in [2.75, 3.05) is 5.32 Å². The standard InChI is InChI=1S/C12H9ClN4OS/c1-7-6-19-12(16-7)8(5-14)11(18)17-9-3-2-4-15-10(9)13/h2-4,6,8H,1H3,(H,17,18)/t8-/m0/s1. The molecule has 7 heteroatoms. The van der Waals surface area contributed by atoms with Crippen molar-refractivity contribution < 1.29 is 4.79 Å². The first-order valence-electron chi connectivity index (χ1n) is 5.35. The van der Waals surface area contributed by atoms with Crippen molar-refractivity contribution in [3.63, 3.8) is 0 Å². The summed E-state index contributed by atoms with van der Waals surface area (Å²) in [5, 5.41) is 14.1. The first kappa shape index (κ1) is 13.5. The topological polar surface area (TPSA) is 78.7 Å². The quantitative estimate of drug-likeness (QED) is 0.882. The van der Waals surface area contributed by atoms with Crippen LogP contribution in [0.2, 0.25) is 5.15 Å². The highest BCUT2D eigenvalue weighted by Crippen LogP contribution is 2.23. The molecule has 1 amide bonds. The third-order valence-corrected chi connectivity index (χ3v) is 3.62. The summed E-state index contributed by atoms with van der Waals surface area (Å²) in [6.45, 7) is 1.81. The van der Waals surface area contributed by atoms with Crippen LogP contribution in [0.1, 0.15) is 16.6 Å². The number of pyridine rings is 1. The second-order valence-electron chi connectivity index (χ2n) is 3.72. The number of nitrogens with zero attached hydrogens (tertiary/aromatic N) is 3. The van der Waals surface area contributed by atoms with E-state index in [-0.39, 0.29) is 5.15 Å². The Bertz CT molecular complexity index is 649. The Morgan fingerprint density at radius 2 is 2.42 bits per heavy atom. The summed E-state index contributed by atoms with van der Waals surface area (Å²) in [7, 11) is 0. The molecule has 5 nitrogen and oxygen atoms in total. The Morgan fingerprint density at radius 1 is 1.63 bits per heavy atom. The minimum atomic E-state index is -0.949. The lowest BCUT2D eigenvalue weighted by atomic mass is 10.1. The van der Waals surface area contributed by atoms with E-state index in [1.165, 1.54) is 17.5 Å². The van der Waals surface area contributed by atoms with Gasteiger partial charge in [0.05, 0.1) is 11.8 Å². The van der Waals surface area contributed by atoms with E-state index >= 15 is 0 Å². The zero-order valence-electron chi connectivity index (χ0n) is 9.92. The molecule has 0 saturated carbocycles. The van der Waals surface area contributed by atoms with Crippen LogP contribution in [0.5, 0.6) is 0 Å². The van der Waals surface area contributed by atoms with Crippen molar-refractivity contribution >= 4 is 34.5 Å². The summed E-state index contributed by atoms with van der Waals surface area (Å²) < 4.78 is 0. The molecule has 0 radical (unpaired) electrons. The van der Waals surface area contributed by atoms with E-state index in [9.17, 15) is 4.79 Å². The molecule has 0 spiro atoms. The first-order valence-corrected chi connectivity index (χ1v) is 6.60. The minimum Gasteiger partial charge on any atom is -0.322 e. The van der Waals surface area contributed by atoms with Gasteiger partial charge in [-0.2, -0.15) is 5.26 Å². The van der Waals surface area contributed by atoms with Crippen LogP contribution in [0.15, 0.2) is 23.7 Å². The van der Waals surface area contributed by atoms with Crippen molar-refractivity contribution in [2.24, 2.45) is 0 Å². The van der Waals surface area contributed by atoms with Gasteiger partial charge in [0.2, 0.25) is 5.91 Å². The third kappa shape index (κ3) is 3.08. The van der Waals surface area contributed by atoms with Crippen LogP contribution in [-0.2, 0) is 4.79 Å². The maximum atomic E-state index is 12.1. The summed E-state index contributed by atoms with van der Waals surface area (Å²) in [4.78, 5) is 20.1. The molecular weight excluding hydrogens is 284 g/mol. The van der Waals surface area contributed by atoms with E-state index in [4.69, 9.17) is 16.9 Å². The van der Waals surface area contributed by atoms with Gasteiger partial charge in [-0.25, -0.2) is 9.97 Å². The van der Waals surface area contributed by atoms with Crippen LogP contribution in [0.25, 0.3) is 0 Å². The molecule has 96 valence electrons. The predicted octanol–water partition coefficient (Wildman–Crippen LogP) is 2.75. The molecule has 0 bridgehead atoms. The van der Waals surface area contributed by atoms with Crippen molar-refractivity contribution in [2.45, 2.75) is 12.8 Å². The van der Waals surface area contributed by atoms with Gasteiger partial charge in [0.1, 0.15) is 5.01 Å². The maximum Gasteiger partial charge on any atom is 0.248 e. The first-order chi connectivity index (χ1) is 9.11. The van der Waals surface area contributed by atoms with Gasteiger partial charge in [-0.3, -0.25) is 4.79 Å². The normalized spacial score (nSPS) is 11.6. The molecular formula is C12H9ClN4OS. The number of hydrogen-bond donors (Lipinski definition) is 1. The van der Waals surface area contributed by atoms with Gasteiger partial charge >= 0.3 is 0 Å². The largest absolute Gasteiger partial charge is 0.322 e. The van der Waals surface area contributed by atoms with E-state index in [1.807, 2.05) is 13.0 Å². The van der Waals surface area contributed by atoms with Crippen molar-refractivity contribution in [3.05, 3.63) is 39.6 Å². The number of rotatable bonds is 3. The predicted molar refractivity (Wildman–Crippen MR) is 73.1 cm³/mol. The number of nitriles is 1. The molecule has 0 unspecified atom stereocenters. The fourth-order valence-electron chi connectivity index (χ4n) is 1.41. The molecule has 19 heavy (non-hydrogen) atoms. The van der Waals surface area contributed by atoms with Gasteiger partial charge in [-0.15, -0.1) is 11.3 Å². The van der Waals surface area contributed by atoms with Crippen molar-refractivity contribution in [1.29, 1.82) is 5.26 Å². The summed E-state index contributed by atoms with van der Waals surface area (Å²) >= 11 is 7.13. The molecule has 2 rings (SSSR count). The highest BCUT2D eigenvalue weighted by atomic mass is 35.5. The average molecular weight is 293 g/mol. The minimum absolute atomic E-state index is 0.183. The van der Waals surface area contributed by atoms with Gasteiger partial charge < -0.3 is 5.32 Å². The summed E-state index contributed by atoms with van der Waals surface area (Å²) in [6.07, 6.45) is 1.52. The molecule has 2 aromatic rings. The number of amides is 1. The molecule has 2 aromatic heterocycles. The molecule has 2 heterocycles. The average Bonchev–Trinajstić information content (AvgIpc) is 2.80. The van der Waals surface area contributed by atoms with Crippen LogP contribution in [-0.4, -0.2) is 15.9 Å². The number of carbonyl (C=O) groups excluding carboxylic acids is 1. The molecule has 0 aromatic carbocycles. The number of aromatic nitrogens is 2. The van der Waals surface area contributed by atoms with Crippen LogP contribution in [0.3, 0.4) is 0 Å². The smallest absolute Gasteiger partial charge is 0.248 e.